The molecule has 0 atom stereocenters. The molecule has 37 heavy (non-hydrogen) atoms. The number of nitrogens with one attached hydrogen (secondary N) is 2. The van der Waals surface area contributed by atoms with Crippen molar-refractivity contribution < 1.29 is 9.59 Å². The molecule has 0 radical (unpaired) electrons. The fourth-order valence-electron chi connectivity index (χ4n) is 3.73. The van der Waals surface area contributed by atoms with Gasteiger partial charge in [-0.15, -0.1) is 0 Å². The number of aliphatic imine (C=N–C) groups is 1. The van der Waals surface area contributed by atoms with Crippen LogP contribution in [-0.2, 0) is 4.79 Å². The van der Waals surface area contributed by atoms with E-state index < -0.39 is 5.91 Å². The summed E-state index contributed by atoms with van der Waals surface area (Å²) in [5.74, 6) is -0.0579. The van der Waals surface area contributed by atoms with Crippen LogP contribution in [-0.4, -0.2) is 74.9 Å². The highest BCUT2D eigenvalue weighted by Crippen LogP contribution is 2.21. The molecule has 0 spiro atoms. The zero-order chi connectivity index (χ0) is 26.6. The van der Waals surface area contributed by atoms with E-state index in [2.05, 4.69) is 44.2 Å². The largest absolute Gasteiger partial charge is 0.381 e. The molecule has 2 aromatic carbocycles. The molecule has 3 aromatic rings. The summed E-state index contributed by atoms with van der Waals surface area (Å²) in [5, 5.41) is 7.82. The topological polar surface area (TPSA) is 116 Å². The predicted octanol–water partition coefficient (Wildman–Crippen LogP) is 3.16. The van der Waals surface area contributed by atoms with Gasteiger partial charge in [-0.05, 0) is 62.3 Å². The minimum absolute atomic E-state index is 0.136. The minimum Gasteiger partial charge on any atom is -0.381 e. The number of rotatable bonds is 9. The van der Waals surface area contributed by atoms with Crippen LogP contribution in [0.4, 0.5) is 11.4 Å². The van der Waals surface area contributed by atoms with Crippen LogP contribution in [0.5, 0.6) is 0 Å². The SMILES string of the molecule is C=N/C(C(N)=O)=C(/NC)SCNc1ccc2ncccc2c1.CN1CCN(c2ccc(C=O)cc2)CC1. The van der Waals surface area contributed by atoms with Crippen molar-refractivity contribution in [2.75, 3.05) is 56.4 Å². The lowest BCUT2D eigenvalue weighted by Crippen LogP contribution is -2.44. The second-order valence-electron chi connectivity index (χ2n) is 8.33. The number of hydrogen-bond donors (Lipinski definition) is 3. The van der Waals surface area contributed by atoms with E-state index >= 15 is 0 Å². The molecular weight excluding hydrogens is 486 g/mol. The molecule has 194 valence electrons. The smallest absolute Gasteiger partial charge is 0.269 e. The van der Waals surface area contributed by atoms with Crippen molar-refractivity contribution in [3.05, 3.63) is 77.1 Å². The number of carbonyl (C=O) groups is 2. The van der Waals surface area contributed by atoms with Gasteiger partial charge in [0.1, 0.15) is 11.3 Å². The van der Waals surface area contributed by atoms with Gasteiger partial charge >= 0.3 is 0 Å². The number of amides is 1. The number of primary amides is 1. The van der Waals surface area contributed by atoms with Gasteiger partial charge in [-0.1, -0.05) is 17.8 Å². The molecule has 1 aliphatic heterocycles. The first kappa shape index (κ1) is 27.7. The van der Waals surface area contributed by atoms with Crippen LogP contribution in [0.2, 0.25) is 0 Å². The molecule has 4 rings (SSSR count). The fourth-order valence-corrected chi connectivity index (χ4v) is 4.56. The Morgan fingerprint density at radius 1 is 1.16 bits per heavy atom. The Hall–Kier alpha value is -3.89. The van der Waals surface area contributed by atoms with E-state index in [1.165, 1.54) is 17.4 Å². The van der Waals surface area contributed by atoms with Gasteiger partial charge in [0.05, 0.1) is 11.4 Å². The Morgan fingerprint density at radius 2 is 1.89 bits per heavy atom. The first-order valence-electron chi connectivity index (χ1n) is 11.8. The molecule has 1 aliphatic rings. The van der Waals surface area contributed by atoms with Crippen molar-refractivity contribution in [1.29, 1.82) is 0 Å². The van der Waals surface area contributed by atoms with Gasteiger partial charge in [-0.3, -0.25) is 19.6 Å². The van der Waals surface area contributed by atoms with Gasteiger partial charge in [-0.25, -0.2) is 0 Å². The first-order chi connectivity index (χ1) is 17.9. The quantitative estimate of drug-likeness (QED) is 0.171. The van der Waals surface area contributed by atoms with E-state index in [-0.39, 0.29) is 5.70 Å². The molecule has 0 unspecified atom stereocenters. The van der Waals surface area contributed by atoms with E-state index in [0.717, 1.165) is 54.6 Å². The lowest BCUT2D eigenvalue weighted by atomic mass is 10.2. The lowest BCUT2D eigenvalue weighted by Gasteiger charge is -2.34. The molecule has 1 fully saturated rings. The summed E-state index contributed by atoms with van der Waals surface area (Å²) in [7, 11) is 3.85. The summed E-state index contributed by atoms with van der Waals surface area (Å²) in [5.41, 5.74) is 9.27. The molecular formula is C27H33N7O2S. The second kappa shape index (κ2) is 14.0. The number of benzene rings is 2. The summed E-state index contributed by atoms with van der Waals surface area (Å²) in [6.45, 7) is 7.71. The maximum Gasteiger partial charge on any atom is 0.269 e. The number of aldehydes is 1. The monoisotopic (exact) mass is 519 g/mol. The minimum atomic E-state index is -0.608. The van der Waals surface area contributed by atoms with Crippen LogP contribution in [0, 0.1) is 0 Å². The molecule has 2 heterocycles. The highest BCUT2D eigenvalue weighted by Gasteiger charge is 2.13. The van der Waals surface area contributed by atoms with Crippen molar-refractivity contribution in [2.24, 2.45) is 10.7 Å². The number of fused-ring (bicyclic) bond motifs is 1. The highest BCUT2D eigenvalue weighted by molar-refractivity contribution is 8.03. The molecule has 1 amide bonds. The van der Waals surface area contributed by atoms with Crippen molar-refractivity contribution in [3.8, 4) is 0 Å². The number of nitrogens with two attached hydrogens (primary N) is 1. The molecule has 0 saturated carbocycles. The number of aromatic nitrogens is 1. The third-order valence-corrected chi connectivity index (χ3v) is 6.80. The Balaban J connectivity index is 0.000000220. The highest BCUT2D eigenvalue weighted by atomic mass is 32.2. The number of likely N-dealkylation sites (N-methyl/N-ethyl adjacent to an activating group) is 1. The molecule has 1 saturated heterocycles. The Morgan fingerprint density at radius 3 is 2.51 bits per heavy atom. The third kappa shape index (κ3) is 8.06. The van der Waals surface area contributed by atoms with E-state index in [1.807, 2.05) is 54.6 Å². The Bertz CT molecular complexity index is 1240. The van der Waals surface area contributed by atoms with Crippen LogP contribution in [0.1, 0.15) is 10.4 Å². The molecule has 0 aliphatic carbocycles. The lowest BCUT2D eigenvalue weighted by molar-refractivity contribution is -0.114. The molecule has 0 bridgehead atoms. The van der Waals surface area contributed by atoms with Gasteiger partial charge in [0, 0.05) is 61.7 Å². The molecule has 9 nitrogen and oxygen atoms in total. The molecule has 10 heteroatoms. The van der Waals surface area contributed by atoms with Crippen LogP contribution in [0.3, 0.4) is 0 Å². The first-order valence-corrected chi connectivity index (χ1v) is 12.8. The third-order valence-electron chi connectivity index (χ3n) is 5.83. The van der Waals surface area contributed by atoms with Crippen molar-refractivity contribution in [2.45, 2.75) is 0 Å². The summed E-state index contributed by atoms with van der Waals surface area (Å²) in [6, 6.07) is 17.6. The van der Waals surface area contributed by atoms with Gasteiger partial charge in [0.15, 0.2) is 5.70 Å². The maximum atomic E-state index is 11.3. The Kier molecular flexibility index (Phi) is 10.5. The second-order valence-corrected chi connectivity index (χ2v) is 9.31. The zero-order valence-corrected chi connectivity index (χ0v) is 22.0. The van der Waals surface area contributed by atoms with Crippen LogP contribution in [0.15, 0.2) is 76.5 Å². The van der Waals surface area contributed by atoms with Crippen molar-refractivity contribution >= 4 is 53.0 Å². The average Bonchev–Trinajstić information content (AvgIpc) is 2.93. The number of hydrogen-bond acceptors (Lipinski definition) is 9. The van der Waals surface area contributed by atoms with Crippen LogP contribution < -0.4 is 21.3 Å². The Labute approximate surface area is 221 Å². The van der Waals surface area contributed by atoms with Crippen LogP contribution >= 0.6 is 11.8 Å². The van der Waals surface area contributed by atoms with E-state index in [4.69, 9.17) is 5.73 Å². The summed E-state index contributed by atoms with van der Waals surface area (Å²) in [4.78, 5) is 34.4. The standard InChI is InChI=1S/C15H17N5OS.C12H16N2O/c1-17-13(14(16)21)15(18-2)22-9-20-11-5-6-12-10(8-11)4-3-7-19-12;1-13-6-8-14(9-7-13)12-4-2-11(10-15)3-5-12/h3-8,18,20H,1,9H2,2H3,(H2,16,21);2-5,10H,6-9H2,1H3/b15-13-;. The summed E-state index contributed by atoms with van der Waals surface area (Å²) in [6.07, 6.45) is 2.65. The summed E-state index contributed by atoms with van der Waals surface area (Å²) < 4.78 is 0. The van der Waals surface area contributed by atoms with E-state index in [1.54, 1.807) is 13.2 Å². The maximum absolute atomic E-state index is 11.3. The average molecular weight is 520 g/mol. The fraction of sp³-hybridized carbons (Fsp3) is 0.259. The van der Waals surface area contributed by atoms with Crippen molar-refractivity contribution in [1.82, 2.24) is 15.2 Å². The van der Waals surface area contributed by atoms with Gasteiger partial charge < -0.3 is 26.2 Å². The zero-order valence-electron chi connectivity index (χ0n) is 21.2. The predicted molar refractivity (Wildman–Crippen MR) is 154 cm³/mol. The number of thioether (sulfide) groups is 1. The number of anilines is 2. The van der Waals surface area contributed by atoms with Crippen molar-refractivity contribution in [3.63, 3.8) is 0 Å². The van der Waals surface area contributed by atoms with Gasteiger partial charge in [0.25, 0.3) is 5.91 Å². The number of piperazine rings is 1. The molecule has 4 N–H and O–H groups in total. The van der Waals surface area contributed by atoms with Gasteiger partial charge in [-0.2, -0.15) is 0 Å². The number of pyridine rings is 1. The van der Waals surface area contributed by atoms with E-state index in [9.17, 15) is 9.59 Å². The summed E-state index contributed by atoms with van der Waals surface area (Å²) >= 11 is 1.39. The number of carbonyl (C=O) groups excluding carboxylic acids is 2. The molecule has 1 aromatic heterocycles. The van der Waals surface area contributed by atoms with E-state index in [0.29, 0.717) is 10.9 Å². The number of nitrogens with zero attached hydrogens (tertiary/aromatic N) is 4. The van der Waals surface area contributed by atoms with Gasteiger partial charge in [0.2, 0.25) is 0 Å². The normalized spacial score (nSPS) is 14.2. The van der Waals surface area contributed by atoms with Crippen LogP contribution in [0.25, 0.3) is 10.9 Å².